The van der Waals surface area contributed by atoms with Crippen LogP contribution in [-0.2, 0) is 0 Å². The maximum absolute atomic E-state index is 14.5. The van der Waals surface area contributed by atoms with Gasteiger partial charge in [-0.1, -0.05) is 30.7 Å². The lowest BCUT2D eigenvalue weighted by atomic mass is 9.98. The first-order chi connectivity index (χ1) is 21.1. The summed E-state index contributed by atoms with van der Waals surface area (Å²) >= 11 is 6.29. The lowest BCUT2D eigenvalue weighted by Crippen LogP contribution is -2.35. The highest BCUT2D eigenvalue weighted by molar-refractivity contribution is 6.33. The number of halogens is 6. The Labute approximate surface area is 251 Å². The topological polar surface area (TPSA) is 104 Å². The fourth-order valence-corrected chi connectivity index (χ4v) is 5.43. The van der Waals surface area contributed by atoms with Crippen LogP contribution in [0.5, 0.6) is 11.5 Å². The standard InChI is InChI=1S/C17H15ClF3N5.C12H6F2N2O2/c1-9-2-4-25(5-3-9)16-14(13-11(20)6-10(19)7-12(13)21)15(18)24-17-22-8-23-26(16)17;13-12(14)17-10-3-1-2-8(11(10)18-12)9-6-16-5-7(9)4-15/h6-9H,2-5H2,1H3;1-3,5-6,16H. The van der Waals surface area contributed by atoms with Crippen LogP contribution in [0.3, 0.4) is 0 Å². The lowest BCUT2D eigenvalue weighted by Gasteiger charge is -2.33. The van der Waals surface area contributed by atoms with Gasteiger partial charge in [0, 0.05) is 48.7 Å². The van der Waals surface area contributed by atoms with Gasteiger partial charge in [-0.2, -0.15) is 24.8 Å². The van der Waals surface area contributed by atoms with Crippen molar-refractivity contribution in [2.45, 2.75) is 26.1 Å². The summed E-state index contributed by atoms with van der Waals surface area (Å²) < 4.78 is 78.6. The number of hydrogen-bond donors (Lipinski definition) is 1. The van der Waals surface area contributed by atoms with Crippen molar-refractivity contribution < 1.29 is 31.4 Å². The molecule has 0 amide bonds. The first kappa shape index (κ1) is 29.2. The third kappa shape index (κ3) is 5.35. The molecule has 1 fully saturated rings. The molecule has 5 aromatic rings. The van der Waals surface area contributed by atoms with E-state index in [0.717, 1.165) is 12.8 Å². The van der Waals surface area contributed by atoms with E-state index in [1.165, 1.54) is 23.1 Å². The third-order valence-corrected chi connectivity index (χ3v) is 7.56. The molecule has 5 heterocycles. The Bertz CT molecular complexity index is 1890. The molecule has 1 saturated heterocycles. The Balaban J connectivity index is 0.000000167. The molecular formula is C29H21ClF5N7O2. The number of nitriles is 1. The van der Waals surface area contributed by atoms with Crippen molar-refractivity contribution in [1.29, 1.82) is 5.26 Å². The minimum Gasteiger partial charge on any atom is -0.395 e. The molecule has 44 heavy (non-hydrogen) atoms. The molecule has 0 spiro atoms. The van der Waals surface area contributed by atoms with Gasteiger partial charge in [-0.3, -0.25) is 0 Å². The van der Waals surface area contributed by atoms with Crippen molar-refractivity contribution in [2.75, 3.05) is 18.0 Å². The molecule has 0 bridgehead atoms. The van der Waals surface area contributed by atoms with Gasteiger partial charge < -0.3 is 19.4 Å². The molecular weight excluding hydrogens is 609 g/mol. The summed E-state index contributed by atoms with van der Waals surface area (Å²) in [5.74, 6) is -1.99. The van der Waals surface area contributed by atoms with Crippen LogP contribution in [0.4, 0.5) is 27.8 Å². The number of H-pyrrole nitrogens is 1. The molecule has 2 aliphatic heterocycles. The van der Waals surface area contributed by atoms with E-state index in [2.05, 4.69) is 36.4 Å². The lowest BCUT2D eigenvalue weighted by molar-refractivity contribution is -0.286. The molecule has 0 unspecified atom stereocenters. The van der Waals surface area contributed by atoms with E-state index in [1.54, 1.807) is 18.3 Å². The predicted octanol–water partition coefficient (Wildman–Crippen LogP) is 6.97. The molecule has 9 nitrogen and oxygen atoms in total. The molecule has 0 radical (unpaired) electrons. The number of nitrogens with zero attached hydrogens (tertiary/aromatic N) is 6. The van der Waals surface area contributed by atoms with E-state index in [-0.39, 0.29) is 28.0 Å². The van der Waals surface area contributed by atoms with Crippen LogP contribution in [0.25, 0.3) is 28.0 Å². The molecule has 1 N–H and O–H groups in total. The van der Waals surface area contributed by atoms with E-state index in [4.69, 9.17) is 16.9 Å². The molecule has 2 aliphatic rings. The number of rotatable bonds is 3. The molecule has 3 aromatic heterocycles. The van der Waals surface area contributed by atoms with Crippen molar-refractivity contribution in [3.63, 3.8) is 0 Å². The zero-order chi connectivity index (χ0) is 31.2. The van der Waals surface area contributed by atoms with Gasteiger partial charge >= 0.3 is 6.29 Å². The molecule has 15 heteroatoms. The largest absolute Gasteiger partial charge is 0.586 e. The van der Waals surface area contributed by atoms with Gasteiger partial charge in [-0.25, -0.2) is 13.2 Å². The smallest absolute Gasteiger partial charge is 0.395 e. The molecule has 0 aliphatic carbocycles. The minimum atomic E-state index is -3.67. The zero-order valence-corrected chi connectivity index (χ0v) is 23.5. The second kappa shape index (κ2) is 11.3. The summed E-state index contributed by atoms with van der Waals surface area (Å²) in [7, 11) is 0. The number of fused-ring (bicyclic) bond motifs is 2. The van der Waals surface area contributed by atoms with Crippen LogP contribution >= 0.6 is 11.6 Å². The third-order valence-electron chi connectivity index (χ3n) is 7.28. The Morgan fingerprint density at radius 2 is 1.77 bits per heavy atom. The van der Waals surface area contributed by atoms with Gasteiger partial charge in [0.05, 0.1) is 16.7 Å². The average Bonchev–Trinajstić information content (AvgIpc) is 3.70. The highest BCUT2D eigenvalue weighted by atomic mass is 35.5. The van der Waals surface area contributed by atoms with E-state index in [1.807, 2.05) is 11.0 Å². The summed E-state index contributed by atoms with van der Waals surface area (Å²) in [6.45, 7) is 3.50. The molecule has 2 aromatic carbocycles. The number of aromatic amines is 1. The number of anilines is 1. The van der Waals surface area contributed by atoms with Crippen molar-refractivity contribution in [1.82, 2.24) is 24.6 Å². The number of nitrogens with one attached hydrogen (secondary N) is 1. The van der Waals surface area contributed by atoms with Crippen LogP contribution in [0.1, 0.15) is 25.3 Å². The van der Waals surface area contributed by atoms with E-state index < -0.39 is 29.3 Å². The Morgan fingerprint density at radius 3 is 2.48 bits per heavy atom. The van der Waals surface area contributed by atoms with E-state index in [0.29, 0.717) is 53.6 Å². The summed E-state index contributed by atoms with van der Waals surface area (Å²) in [6, 6.07) is 7.77. The second-order valence-corrected chi connectivity index (χ2v) is 10.5. The zero-order valence-electron chi connectivity index (χ0n) is 22.8. The fraction of sp³-hybridized carbons (Fsp3) is 0.241. The molecule has 0 atom stereocenters. The van der Waals surface area contributed by atoms with Gasteiger partial charge in [-0.15, -0.1) is 8.78 Å². The minimum absolute atomic E-state index is 0.0393. The summed E-state index contributed by atoms with van der Waals surface area (Å²) in [5, 5.41) is 13.0. The van der Waals surface area contributed by atoms with Gasteiger partial charge in [0.15, 0.2) is 11.5 Å². The number of para-hydroxylation sites is 1. The summed E-state index contributed by atoms with van der Waals surface area (Å²) in [5.41, 5.74) is 0.865. The first-order valence-corrected chi connectivity index (χ1v) is 13.7. The van der Waals surface area contributed by atoms with Crippen molar-refractivity contribution in [3.05, 3.63) is 77.2 Å². The van der Waals surface area contributed by atoms with Gasteiger partial charge in [0.25, 0.3) is 5.78 Å². The first-order valence-electron chi connectivity index (χ1n) is 13.3. The van der Waals surface area contributed by atoms with Crippen LogP contribution in [0, 0.1) is 34.7 Å². The van der Waals surface area contributed by atoms with Crippen molar-refractivity contribution >= 4 is 23.2 Å². The number of piperidine rings is 1. The molecule has 226 valence electrons. The van der Waals surface area contributed by atoms with Crippen LogP contribution < -0.4 is 14.4 Å². The van der Waals surface area contributed by atoms with E-state index in [9.17, 15) is 22.0 Å². The highest BCUT2D eigenvalue weighted by Gasteiger charge is 2.44. The Morgan fingerprint density at radius 1 is 1.05 bits per heavy atom. The SMILES string of the molecule is CC1CCN(c2c(-c3c(F)cc(F)cc3F)c(Cl)nc3ncnn23)CC1.N#Cc1c[nH]cc1-c1cccc2c1OC(F)(F)O2. The quantitative estimate of drug-likeness (QED) is 0.170. The number of ether oxygens (including phenoxy) is 2. The van der Waals surface area contributed by atoms with Crippen LogP contribution in [-0.4, -0.2) is 44.0 Å². The molecule has 7 rings (SSSR count). The predicted molar refractivity (Wildman–Crippen MR) is 149 cm³/mol. The van der Waals surface area contributed by atoms with Gasteiger partial charge in [0.2, 0.25) is 0 Å². The van der Waals surface area contributed by atoms with Crippen LogP contribution in [0.2, 0.25) is 5.15 Å². The van der Waals surface area contributed by atoms with Crippen molar-refractivity contribution in [2.24, 2.45) is 5.92 Å². The highest BCUT2D eigenvalue weighted by Crippen LogP contribution is 2.47. The normalized spacial score (nSPS) is 15.6. The maximum atomic E-state index is 14.5. The second-order valence-electron chi connectivity index (χ2n) is 10.2. The van der Waals surface area contributed by atoms with Crippen molar-refractivity contribution in [3.8, 4) is 39.8 Å². The summed E-state index contributed by atoms with van der Waals surface area (Å²) in [4.78, 5) is 12.8. The maximum Gasteiger partial charge on any atom is 0.586 e. The monoisotopic (exact) mass is 629 g/mol. The number of aromatic nitrogens is 5. The van der Waals surface area contributed by atoms with Gasteiger partial charge in [-0.05, 0) is 24.8 Å². The number of benzene rings is 2. The number of alkyl halides is 2. The molecule has 0 saturated carbocycles. The number of hydrogen-bond acceptors (Lipinski definition) is 7. The fourth-order valence-electron chi connectivity index (χ4n) is 5.17. The average molecular weight is 630 g/mol. The Kier molecular flexibility index (Phi) is 7.50. The van der Waals surface area contributed by atoms with E-state index >= 15 is 0 Å². The van der Waals surface area contributed by atoms with Gasteiger partial charge in [0.1, 0.15) is 40.8 Å². The van der Waals surface area contributed by atoms with Crippen LogP contribution in [0.15, 0.2) is 49.1 Å². The Hall–Kier alpha value is -4.90. The summed E-state index contributed by atoms with van der Waals surface area (Å²) in [6.07, 6.45) is 2.52.